The van der Waals surface area contributed by atoms with Crippen molar-refractivity contribution in [3.05, 3.63) is 33.4 Å². The molecule has 1 atom stereocenters. The molecule has 1 unspecified atom stereocenters. The largest absolute Gasteiger partial charge is 0.330 e. The van der Waals surface area contributed by atoms with Crippen molar-refractivity contribution in [3.8, 4) is 0 Å². The molecule has 1 aromatic carbocycles. The summed E-state index contributed by atoms with van der Waals surface area (Å²) in [5.74, 6) is 0. The number of unbranched alkanes of at least 4 members (excludes halogenated alkanes) is 1. The van der Waals surface area contributed by atoms with E-state index >= 15 is 0 Å². The highest BCUT2D eigenvalue weighted by molar-refractivity contribution is 14.1. The molecule has 0 aliphatic rings. The second-order valence-electron chi connectivity index (χ2n) is 3.88. The zero-order valence-electron chi connectivity index (χ0n) is 8.95. The zero-order chi connectivity index (χ0) is 11.1. The van der Waals surface area contributed by atoms with E-state index in [9.17, 15) is 0 Å². The molecule has 0 radical (unpaired) electrons. The number of hydrogen-bond acceptors (Lipinski definition) is 2. The summed E-state index contributed by atoms with van der Waals surface area (Å²) < 4.78 is 1.27. The summed E-state index contributed by atoms with van der Waals surface area (Å²) >= 11 is 2.31. The minimum absolute atomic E-state index is 0.275. The summed E-state index contributed by atoms with van der Waals surface area (Å²) in [5, 5.41) is 0. The van der Waals surface area contributed by atoms with Gasteiger partial charge >= 0.3 is 0 Å². The molecular formula is C12H19IN2. The van der Waals surface area contributed by atoms with Gasteiger partial charge in [0.25, 0.3) is 0 Å². The van der Waals surface area contributed by atoms with E-state index in [1.807, 2.05) is 0 Å². The van der Waals surface area contributed by atoms with Gasteiger partial charge in [-0.25, -0.2) is 0 Å². The Morgan fingerprint density at radius 2 is 1.80 bits per heavy atom. The van der Waals surface area contributed by atoms with E-state index in [0.717, 1.165) is 32.2 Å². The molecule has 0 saturated carbocycles. The fraction of sp³-hybridized carbons (Fsp3) is 0.500. The molecule has 3 heteroatoms. The van der Waals surface area contributed by atoms with Crippen LogP contribution in [-0.2, 0) is 6.42 Å². The van der Waals surface area contributed by atoms with E-state index in [1.165, 1.54) is 9.13 Å². The van der Waals surface area contributed by atoms with Gasteiger partial charge < -0.3 is 11.5 Å². The highest BCUT2D eigenvalue weighted by Crippen LogP contribution is 2.10. The van der Waals surface area contributed by atoms with E-state index in [-0.39, 0.29) is 6.04 Å². The number of nitrogens with two attached hydrogens (primary N) is 2. The maximum atomic E-state index is 6.04. The lowest BCUT2D eigenvalue weighted by Gasteiger charge is -2.11. The Morgan fingerprint density at radius 3 is 2.40 bits per heavy atom. The minimum atomic E-state index is 0.275. The monoisotopic (exact) mass is 318 g/mol. The summed E-state index contributed by atoms with van der Waals surface area (Å²) in [4.78, 5) is 0. The van der Waals surface area contributed by atoms with Gasteiger partial charge in [0.2, 0.25) is 0 Å². The van der Waals surface area contributed by atoms with Crippen molar-refractivity contribution in [1.29, 1.82) is 0 Å². The minimum Gasteiger partial charge on any atom is -0.330 e. The van der Waals surface area contributed by atoms with E-state index in [0.29, 0.717) is 0 Å². The van der Waals surface area contributed by atoms with Crippen LogP contribution < -0.4 is 11.5 Å². The van der Waals surface area contributed by atoms with Gasteiger partial charge in [0.05, 0.1) is 0 Å². The summed E-state index contributed by atoms with van der Waals surface area (Å²) in [6, 6.07) is 8.84. The molecule has 0 aliphatic heterocycles. The van der Waals surface area contributed by atoms with Crippen molar-refractivity contribution in [2.75, 3.05) is 6.54 Å². The first kappa shape index (κ1) is 12.9. The van der Waals surface area contributed by atoms with Crippen molar-refractivity contribution in [2.24, 2.45) is 11.5 Å². The van der Waals surface area contributed by atoms with Crippen LogP contribution >= 0.6 is 22.6 Å². The Morgan fingerprint density at radius 1 is 1.13 bits per heavy atom. The number of rotatable bonds is 6. The van der Waals surface area contributed by atoms with Crippen molar-refractivity contribution < 1.29 is 0 Å². The summed E-state index contributed by atoms with van der Waals surface area (Å²) in [5.41, 5.74) is 12.8. The molecule has 4 N–H and O–H groups in total. The van der Waals surface area contributed by atoms with Gasteiger partial charge in [-0.15, -0.1) is 0 Å². The Bertz CT molecular complexity index is 271. The van der Waals surface area contributed by atoms with E-state index < -0.39 is 0 Å². The molecule has 0 bridgehead atoms. The van der Waals surface area contributed by atoms with Gasteiger partial charge in [0.1, 0.15) is 0 Å². The first-order chi connectivity index (χ1) is 7.22. The van der Waals surface area contributed by atoms with Crippen LogP contribution in [0.25, 0.3) is 0 Å². The van der Waals surface area contributed by atoms with Gasteiger partial charge in [-0.2, -0.15) is 0 Å². The first-order valence-corrected chi connectivity index (χ1v) is 6.50. The van der Waals surface area contributed by atoms with Crippen LogP contribution in [0.4, 0.5) is 0 Å². The number of halogens is 1. The second-order valence-corrected chi connectivity index (χ2v) is 5.12. The molecule has 0 heterocycles. The Labute approximate surface area is 106 Å². The topological polar surface area (TPSA) is 52.0 Å². The van der Waals surface area contributed by atoms with Crippen LogP contribution in [0.2, 0.25) is 0 Å². The standard InChI is InChI=1S/C12H19IN2/c13-11-6-4-10(5-7-11)9-12(15)3-1-2-8-14/h4-7,12H,1-3,8-9,14-15H2. The van der Waals surface area contributed by atoms with Gasteiger partial charge in [0, 0.05) is 9.61 Å². The van der Waals surface area contributed by atoms with Crippen LogP contribution in [0, 0.1) is 3.57 Å². The Hall–Kier alpha value is -0.130. The second kappa shape index (κ2) is 7.19. The smallest absolute Gasteiger partial charge is 0.0130 e. The van der Waals surface area contributed by atoms with E-state index in [2.05, 4.69) is 46.9 Å². The number of hydrogen-bond donors (Lipinski definition) is 2. The van der Waals surface area contributed by atoms with Crippen LogP contribution in [0.3, 0.4) is 0 Å². The highest BCUT2D eigenvalue weighted by Gasteiger charge is 2.03. The average molecular weight is 318 g/mol. The Kier molecular flexibility index (Phi) is 6.20. The molecule has 0 aromatic heterocycles. The third-order valence-corrected chi connectivity index (χ3v) is 3.16. The van der Waals surface area contributed by atoms with Gasteiger partial charge in [-0.1, -0.05) is 18.6 Å². The SMILES string of the molecule is NCCCCC(N)Cc1ccc(I)cc1. The van der Waals surface area contributed by atoms with Crippen molar-refractivity contribution in [1.82, 2.24) is 0 Å². The summed E-state index contributed by atoms with van der Waals surface area (Å²) in [6.07, 6.45) is 4.27. The first-order valence-electron chi connectivity index (χ1n) is 5.42. The molecule has 0 aliphatic carbocycles. The lowest BCUT2D eigenvalue weighted by molar-refractivity contribution is 0.565. The lowest BCUT2D eigenvalue weighted by atomic mass is 10.0. The fourth-order valence-corrected chi connectivity index (χ4v) is 1.94. The van der Waals surface area contributed by atoms with E-state index in [4.69, 9.17) is 11.5 Å². The maximum Gasteiger partial charge on any atom is 0.0130 e. The highest BCUT2D eigenvalue weighted by atomic mass is 127. The molecule has 1 rings (SSSR count). The molecular weight excluding hydrogens is 299 g/mol. The molecule has 15 heavy (non-hydrogen) atoms. The molecule has 1 aromatic rings. The predicted octanol–water partition coefficient (Wildman–Crippen LogP) is 2.29. The lowest BCUT2D eigenvalue weighted by Crippen LogP contribution is -2.22. The van der Waals surface area contributed by atoms with Gasteiger partial charge in [-0.3, -0.25) is 0 Å². The van der Waals surface area contributed by atoms with Crippen LogP contribution in [0.15, 0.2) is 24.3 Å². The summed E-state index contributed by atoms with van der Waals surface area (Å²) in [6.45, 7) is 0.774. The van der Waals surface area contributed by atoms with Crippen LogP contribution in [-0.4, -0.2) is 12.6 Å². The van der Waals surface area contributed by atoms with Gasteiger partial charge in [-0.05, 0) is 66.1 Å². The molecule has 0 saturated heterocycles. The number of benzene rings is 1. The molecule has 0 amide bonds. The fourth-order valence-electron chi connectivity index (χ4n) is 1.58. The maximum absolute atomic E-state index is 6.04. The molecule has 84 valence electrons. The van der Waals surface area contributed by atoms with Crippen molar-refractivity contribution in [2.45, 2.75) is 31.7 Å². The summed E-state index contributed by atoms with van der Waals surface area (Å²) in [7, 11) is 0. The van der Waals surface area contributed by atoms with E-state index in [1.54, 1.807) is 0 Å². The normalized spacial score (nSPS) is 12.7. The van der Waals surface area contributed by atoms with Crippen LogP contribution in [0.5, 0.6) is 0 Å². The quantitative estimate of drug-likeness (QED) is 0.625. The van der Waals surface area contributed by atoms with Crippen molar-refractivity contribution in [3.63, 3.8) is 0 Å². The molecule has 0 fully saturated rings. The van der Waals surface area contributed by atoms with Gasteiger partial charge in [0.15, 0.2) is 0 Å². The van der Waals surface area contributed by atoms with Crippen LogP contribution in [0.1, 0.15) is 24.8 Å². The molecule has 2 nitrogen and oxygen atoms in total. The predicted molar refractivity (Wildman–Crippen MR) is 73.7 cm³/mol. The third kappa shape index (κ3) is 5.49. The third-order valence-electron chi connectivity index (χ3n) is 2.44. The Balaban J connectivity index is 2.31. The average Bonchev–Trinajstić information content (AvgIpc) is 2.22. The molecule has 0 spiro atoms. The zero-order valence-corrected chi connectivity index (χ0v) is 11.1. The van der Waals surface area contributed by atoms with Crippen molar-refractivity contribution >= 4 is 22.6 Å².